The monoisotopic (exact) mass is 310 g/mol. The van der Waals surface area contributed by atoms with Gasteiger partial charge in [-0.3, -0.25) is 0 Å². The molecule has 1 fully saturated rings. The third kappa shape index (κ3) is 3.27. The van der Waals surface area contributed by atoms with Gasteiger partial charge in [0, 0.05) is 29.8 Å². The Labute approximate surface area is 119 Å². The highest BCUT2D eigenvalue weighted by molar-refractivity contribution is 9.10. The molecule has 1 N–H and O–H groups in total. The summed E-state index contributed by atoms with van der Waals surface area (Å²) >= 11 is 3.59. The first-order chi connectivity index (χ1) is 8.74. The topological polar surface area (TPSA) is 15.3 Å². The number of rotatable bonds is 5. The SMILES string of the molecule is CCCC1CCN(c2cc(Br)ccc2CNC)C1. The molecule has 1 aliphatic rings. The van der Waals surface area contributed by atoms with Gasteiger partial charge in [-0.25, -0.2) is 0 Å². The number of halogens is 1. The number of hydrogen-bond acceptors (Lipinski definition) is 2. The van der Waals surface area contributed by atoms with Gasteiger partial charge in [0.2, 0.25) is 0 Å². The largest absolute Gasteiger partial charge is 0.371 e. The van der Waals surface area contributed by atoms with Crippen LogP contribution >= 0.6 is 15.9 Å². The molecule has 3 heteroatoms. The predicted molar refractivity (Wildman–Crippen MR) is 82.1 cm³/mol. The molecule has 0 aliphatic carbocycles. The second kappa shape index (κ2) is 6.58. The number of nitrogens with zero attached hydrogens (tertiary/aromatic N) is 1. The van der Waals surface area contributed by atoms with Gasteiger partial charge in [-0.1, -0.05) is 35.3 Å². The zero-order chi connectivity index (χ0) is 13.0. The van der Waals surface area contributed by atoms with Crippen molar-refractivity contribution in [3.8, 4) is 0 Å². The van der Waals surface area contributed by atoms with E-state index >= 15 is 0 Å². The summed E-state index contributed by atoms with van der Waals surface area (Å²) in [5.74, 6) is 0.886. The van der Waals surface area contributed by atoms with E-state index in [9.17, 15) is 0 Å². The minimum absolute atomic E-state index is 0.886. The van der Waals surface area contributed by atoms with E-state index < -0.39 is 0 Å². The summed E-state index contributed by atoms with van der Waals surface area (Å²) in [4.78, 5) is 2.55. The predicted octanol–water partition coefficient (Wildman–Crippen LogP) is 3.79. The molecule has 1 atom stereocenters. The Hall–Kier alpha value is -0.540. The fourth-order valence-corrected chi connectivity index (χ4v) is 3.22. The van der Waals surface area contributed by atoms with Crippen molar-refractivity contribution in [3.63, 3.8) is 0 Å². The van der Waals surface area contributed by atoms with E-state index in [2.05, 4.69) is 51.3 Å². The summed E-state index contributed by atoms with van der Waals surface area (Å²) in [5.41, 5.74) is 2.80. The van der Waals surface area contributed by atoms with Crippen molar-refractivity contribution in [2.45, 2.75) is 32.7 Å². The smallest absolute Gasteiger partial charge is 0.0423 e. The highest BCUT2D eigenvalue weighted by Gasteiger charge is 2.23. The molecule has 1 saturated heterocycles. The first kappa shape index (κ1) is 13.9. The van der Waals surface area contributed by atoms with Gasteiger partial charge in [-0.05, 0) is 43.5 Å². The van der Waals surface area contributed by atoms with Crippen LogP contribution in [0.4, 0.5) is 5.69 Å². The Balaban J connectivity index is 2.14. The molecule has 1 aliphatic heterocycles. The van der Waals surface area contributed by atoms with Crippen molar-refractivity contribution in [2.24, 2.45) is 5.92 Å². The highest BCUT2D eigenvalue weighted by Crippen LogP contribution is 2.31. The van der Waals surface area contributed by atoms with Gasteiger partial charge in [0.1, 0.15) is 0 Å². The molecule has 18 heavy (non-hydrogen) atoms. The molecule has 0 radical (unpaired) electrons. The number of hydrogen-bond donors (Lipinski definition) is 1. The van der Waals surface area contributed by atoms with Gasteiger partial charge in [0.15, 0.2) is 0 Å². The summed E-state index contributed by atoms with van der Waals surface area (Å²) in [5, 5.41) is 3.26. The molecule has 0 amide bonds. The molecule has 2 rings (SSSR count). The van der Waals surface area contributed by atoms with Crippen LogP contribution in [0.2, 0.25) is 0 Å². The van der Waals surface area contributed by atoms with E-state index in [0.29, 0.717) is 0 Å². The molecule has 1 aromatic rings. The Morgan fingerprint density at radius 1 is 1.44 bits per heavy atom. The molecule has 1 heterocycles. The van der Waals surface area contributed by atoms with Gasteiger partial charge in [-0.15, -0.1) is 0 Å². The lowest BCUT2D eigenvalue weighted by molar-refractivity contribution is 0.529. The molecule has 1 aromatic carbocycles. The van der Waals surface area contributed by atoms with Gasteiger partial charge < -0.3 is 10.2 Å². The zero-order valence-electron chi connectivity index (χ0n) is 11.4. The van der Waals surface area contributed by atoms with E-state index in [4.69, 9.17) is 0 Å². The second-order valence-electron chi connectivity index (χ2n) is 5.19. The number of nitrogens with one attached hydrogen (secondary N) is 1. The van der Waals surface area contributed by atoms with Gasteiger partial charge in [-0.2, -0.15) is 0 Å². The fraction of sp³-hybridized carbons (Fsp3) is 0.600. The molecule has 0 aromatic heterocycles. The van der Waals surface area contributed by atoms with E-state index in [1.807, 2.05) is 7.05 Å². The quantitative estimate of drug-likeness (QED) is 0.890. The molecular weight excluding hydrogens is 288 g/mol. The summed E-state index contributed by atoms with van der Waals surface area (Å²) in [6, 6.07) is 6.62. The van der Waals surface area contributed by atoms with E-state index in [1.165, 1.54) is 48.1 Å². The normalized spacial score (nSPS) is 19.5. The molecule has 2 nitrogen and oxygen atoms in total. The minimum Gasteiger partial charge on any atom is -0.371 e. The lowest BCUT2D eigenvalue weighted by atomic mass is 10.0. The lowest BCUT2D eigenvalue weighted by Crippen LogP contribution is -2.22. The lowest BCUT2D eigenvalue weighted by Gasteiger charge is -2.22. The Kier molecular flexibility index (Phi) is 5.07. The standard InChI is InChI=1S/C15H23BrN2/c1-3-4-12-7-8-18(11-12)15-9-14(16)6-5-13(15)10-17-2/h5-6,9,12,17H,3-4,7-8,10-11H2,1-2H3. The Morgan fingerprint density at radius 3 is 3.00 bits per heavy atom. The van der Waals surface area contributed by atoms with Crippen molar-refractivity contribution in [1.29, 1.82) is 0 Å². The average molecular weight is 311 g/mol. The number of anilines is 1. The summed E-state index contributed by atoms with van der Waals surface area (Å²) in [7, 11) is 2.01. The van der Waals surface area contributed by atoms with Crippen LogP contribution < -0.4 is 10.2 Å². The molecular formula is C15H23BrN2. The fourth-order valence-electron chi connectivity index (χ4n) is 2.87. The van der Waals surface area contributed by atoms with Crippen molar-refractivity contribution in [2.75, 3.05) is 25.0 Å². The Morgan fingerprint density at radius 2 is 2.28 bits per heavy atom. The highest BCUT2D eigenvalue weighted by atomic mass is 79.9. The summed E-state index contributed by atoms with van der Waals surface area (Å²) < 4.78 is 1.18. The average Bonchev–Trinajstić information content (AvgIpc) is 2.81. The third-order valence-corrected chi connectivity index (χ3v) is 4.23. The van der Waals surface area contributed by atoms with E-state index in [-0.39, 0.29) is 0 Å². The third-order valence-electron chi connectivity index (χ3n) is 3.74. The van der Waals surface area contributed by atoms with Crippen LogP contribution in [0, 0.1) is 5.92 Å². The van der Waals surface area contributed by atoms with Crippen LogP contribution in [0.25, 0.3) is 0 Å². The first-order valence-electron chi connectivity index (χ1n) is 6.92. The van der Waals surface area contributed by atoms with Crippen LogP contribution in [-0.2, 0) is 6.54 Å². The zero-order valence-corrected chi connectivity index (χ0v) is 13.0. The Bertz CT molecular complexity index is 392. The van der Waals surface area contributed by atoms with Crippen LogP contribution in [0.15, 0.2) is 22.7 Å². The van der Waals surface area contributed by atoms with Crippen molar-refractivity contribution in [3.05, 3.63) is 28.2 Å². The summed E-state index contributed by atoms with van der Waals surface area (Å²) in [6.07, 6.45) is 4.02. The molecule has 0 saturated carbocycles. The minimum atomic E-state index is 0.886. The maximum absolute atomic E-state index is 3.59. The van der Waals surface area contributed by atoms with Crippen LogP contribution in [0.3, 0.4) is 0 Å². The van der Waals surface area contributed by atoms with Crippen LogP contribution in [0.1, 0.15) is 31.7 Å². The van der Waals surface area contributed by atoms with Crippen LogP contribution in [0.5, 0.6) is 0 Å². The maximum atomic E-state index is 3.59. The van der Waals surface area contributed by atoms with Crippen molar-refractivity contribution < 1.29 is 0 Å². The van der Waals surface area contributed by atoms with Crippen molar-refractivity contribution in [1.82, 2.24) is 5.32 Å². The molecule has 0 spiro atoms. The molecule has 0 bridgehead atoms. The second-order valence-corrected chi connectivity index (χ2v) is 6.11. The molecule has 100 valence electrons. The summed E-state index contributed by atoms with van der Waals surface area (Å²) in [6.45, 7) is 5.66. The van der Waals surface area contributed by atoms with Crippen molar-refractivity contribution >= 4 is 21.6 Å². The van der Waals surface area contributed by atoms with Gasteiger partial charge in [0.25, 0.3) is 0 Å². The molecule has 1 unspecified atom stereocenters. The first-order valence-corrected chi connectivity index (χ1v) is 7.72. The van der Waals surface area contributed by atoms with Gasteiger partial charge >= 0.3 is 0 Å². The van der Waals surface area contributed by atoms with E-state index in [0.717, 1.165) is 12.5 Å². The van der Waals surface area contributed by atoms with E-state index in [1.54, 1.807) is 0 Å². The maximum Gasteiger partial charge on any atom is 0.0423 e. The number of benzene rings is 1. The van der Waals surface area contributed by atoms with Gasteiger partial charge in [0.05, 0.1) is 0 Å². The van der Waals surface area contributed by atoms with Crippen LogP contribution in [-0.4, -0.2) is 20.1 Å².